The van der Waals surface area contributed by atoms with Gasteiger partial charge >= 0.3 is 0 Å². The molecule has 2 unspecified atom stereocenters. The molecule has 0 N–H and O–H groups in total. The van der Waals surface area contributed by atoms with Crippen molar-refractivity contribution in [3.8, 4) is 5.75 Å². The molecular weight excluding hydrogens is 210 g/mol. The molecule has 0 amide bonds. The molecule has 2 atom stereocenters. The molecule has 0 spiro atoms. The topological polar surface area (TPSA) is 57.1 Å². The Balaban J connectivity index is 2.25. The zero-order chi connectivity index (χ0) is 11.5. The van der Waals surface area contributed by atoms with Crippen LogP contribution >= 0.6 is 0 Å². The fraction of sp³-hybridized carbons (Fsp3) is 0.455. The summed E-state index contributed by atoms with van der Waals surface area (Å²) >= 11 is 0. The highest BCUT2D eigenvalue weighted by atomic mass is 16.7. The van der Waals surface area contributed by atoms with Gasteiger partial charge in [0.1, 0.15) is 11.4 Å². The van der Waals surface area contributed by atoms with Gasteiger partial charge in [0, 0.05) is 5.56 Å². The summed E-state index contributed by atoms with van der Waals surface area (Å²) in [5.41, 5.74) is 1.10. The molecule has 0 saturated carbocycles. The summed E-state index contributed by atoms with van der Waals surface area (Å²) < 4.78 is 16.0. The summed E-state index contributed by atoms with van der Waals surface area (Å²) in [6, 6.07) is 5.05. The van der Waals surface area contributed by atoms with Crippen LogP contribution in [0.25, 0.3) is 0 Å². The van der Waals surface area contributed by atoms with E-state index in [0.29, 0.717) is 12.4 Å². The van der Waals surface area contributed by atoms with E-state index < -0.39 is 0 Å². The third-order valence-corrected chi connectivity index (χ3v) is 2.41. The number of hydrogen-bond acceptors (Lipinski definition) is 5. The molecular formula is C11H13NO4. The van der Waals surface area contributed by atoms with Crippen molar-refractivity contribution in [3.63, 3.8) is 0 Å². The van der Waals surface area contributed by atoms with Crippen molar-refractivity contribution in [2.75, 3.05) is 13.7 Å². The number of benzene rings is 1. The molecule has 1 aliphatic rings. The first-order chi connectivity index (χ1) is 7.74. The predicted molar refractivity (Wildman–Crippen MR) is 57.7 cm³/mol. The zero-order valence-electron chi connectivity index (χ0n) is 9.17. The lowest BCUT2D eigenvalue weighted by molar-refractivity contribution is -0.0572. The average Bonchev–Trinajstić information content (AvgIpc) is 2.75. The first-order valence-electron chi connectivity index (χ1n) is 5.03. The molecule has 0 bridgehead atoms. The zero-order valence-corrected chi connectivity index (χ0v) is 9.17. The van der Waals surface area contributed by atoms with Gasteiger partial charge in [-0.25, -0.2) is 0 Å². The lowest BCUT2D eigenvalue weighted by Crippen LogP contribution is -2.02. The van der Waals surface area contributed by atoms with Gasteiger partial charge in [-0.05, 0) is 24.2 Å². The number of nitroso groups, excluding NO2 is 1. The van der Waals surface area contributed by atoms with Crippen LogP contribution in [0.5, 0.6) is 5.75 Å². The summed E-state index contributed by atoms with van der Waals surface area (Å²) in [5, 5.41) is 2.87. The molecule has 2 rings (SSSR count). The SMILES string of the molecule is COc1cc(C2OCC(C)O2)ccc1N=O. The quantitative estimate of drug-likeness (QED) is 0.739. The highest BCUT2D eigenvalue weighted by Crippen LogP contribution is 2.34. The van der Waals surface area contributed by atoms with E-state index in [-0.39, 0.29) is 18.1 Å². The first kappa shape index (κ1) is 11.0. The molecule has 1 fully saturated rings. The molecule has 5 heteroatoms. The lowest BCUT2D eigenvalue weighted by Gasteiger charge is -2.11. The van der Waals surface area contributed by atoms with Crippen molar-refractivity contribution in [3.05, 3.63) is 28.7 Å². The van der Waals surface area contributed by atoms with Crippen LogP contribution in [0.15, 0.2) is 23.4 Å². The van der Waals surface area contributed by atoms with Crippen molar-refractivity contribution in [1.29, 1.82) is 0 Å². The Bertz CT molecular complexity index is 394. The van der Waals surface area contributed by atoms with Gasteiger partial charge in [0.25, 0.3) is 0 Å². The van der Waals surface area contributed by atoms with Crippen molar-refractivity contribution in [2.45, 2.75) is 19.3 Å². The van der Waals surface area contributed by atoms with Crippen LogP contribution in [0.1, 0.15) is 18.8 Å². The average molecular weight is 223 g/mol. The van der Waals surface area contributed by atoms with E-state index in [1.54, 1.807) is 18.2 Å². The molecule has 1 aliphatic heterocycles. The fourth-order valence-electron chi connectivity index (χ4n) is 1.60. The molecule has 5 nitrogen and oxygen atoms in total. The fourth-order valence-corrected chi connectivity index (χ4v) is 1.60. The van der Waals surface area contributed by atoms with E-state index in [1.807, 2.05) is 6.92 Å². The summed E-state index contributed by atoms with van der Waals surface area (Å²) in [5.74, 6) is 0.430. The summed E-state index contributed by atoms with van der Waals surface area (Å²) in [6.07, 6.45) is -0.301. The molecule has 0 radical (unpaired) electrons. The Morgan fingerprint density at radius 3 is 2.88 bits per heavy atom. The van der Waals surface area contributed by atoms with Crippen LogP contribution in [0.2, 0.25) is 0 Å². The van der Waals surface area contributed by atoms with Crippen LogP contribution in [-0.2, 0) is 9.47 Å². The van der Waals surface area contributed by atoms with Gasteiger partial charge in [-0.3, -0.25) is 0 Å². The summed E-state index contributed by atoms with van der Waals surface area (Å²) in [7, 11) is 1.49. The first-order valence-corrected chi connectivity index (χ1v) is 5.03. The van der Waals surface area contributed by atoms with Crippen molar-refractivity contribution in [2.24, 2.45) is 5.18 Å². The van der Waals surface area contributed by atoms with Gasteiger partial charge in [0.05, 0.1) is 19.8 Å². The Labute approximate surface area is 93.3 Å². The summed E-state index contributed by atoms with van der Waals surface area (Å²) in [4.78, 5) is 10.5. The third kappa shape index (κ3) is 2.05. The molecule has 1 heterocycles. The molecule has 16 heavy (non-hydrogen) atoms. The van der Waals surface area contributed by atoms with Crippen molar-refractivity contribution in [1.82, 2.24) is 0 Å². The maximum Gasteiger partial charge on any atom is 0.184 e. The second kappa shape index (κ2) is 4.59. The van der Waals surface area contributed by atoms with E-state index in [2.05, 4.69) is 5.18 Å². The van der Waals surface area contributed by atoms with Gasteiger partial charge in [-0.15, -0.1) is 4.91 Å². The third-order valence-electron chi connectivity index (χ3n) is 2.41. The maximum atomic E-state index is 10.5. The Morgan fingerprint density at radius 1 is 1.50 bits per heavy atom. The van der Waals surface area contributed by atoms with Crippen LogP contribution in [-0.4, -0.2) is 19.8 Å². The molecule has 1 aromatic carbocycles. The van der Waals surface area contributed by atoms with E-state index in [4.69, 9.17) is 14.2 Å². The number of hydrogen-bond donors (Lipinski definition) is 0. The van der Waals surface area contributed by atoms with E-state index in [9.17, 15) is 4.91 Å². The monoisotopic (exact) mass is 223 g/mol. The van der Waals surface area contributed by atoms with Crippen LogP contribution < -0.4 is 4.74 Å². The minimum Gasteiger partial charge on any atom is -0.494 e. The van der Waals surface area contributed by atoms with E-state index >= 15 is 0 Å². The Hall–Kier alpha value is -1.46. The highest BCUT2D eigenvalue weighted by molar-refractivity contribution is 5.53. The second-order valence-electron chi connectivity index (χ2n) is 3.63. The number of methoxy groups -OCH3 is 1. The van der Waals surface area contributed by atoms with Crippen LogP contribution in [0.4, 0.5) is 5.69 Å². The predicted octanol–water partition coefficient (Wildman–Crippen LogP) is 2.53. The van der Waals surface area contributed by atoms with E-state index in [0.717, 1.165) is 5.56 Å². The van der Waals surface area contributed by atoms with Gasteiger partial charge in [-0.2, -0.15) is 0 Å². The number of rotatable bonds is 3. The van der Waals surface area contributed by atoms with Crippen LogP contribution in [0.3, 0.4) is 0 Å². The normalized spacial score (nSPS) is 24.4. The molecule has 86 valence electrons. The minimum absolute atomic E-state index is 0.0832. The molecule has 1 aromatic rings. The second-order valence-corrected chi connectivity index (χ2v) is 3.63. The lowest BCUT2D eigenvalue weighted by atomic mass is 10.2. The Kier molecular flexibility index (Phi) is 3.17. The minimum atomic E-state index is -0.385. The standard InChI is InChI=1S/C11H13NO4/c1-7-6-15-11(16-7)8-3-4-9(12-13)10(5-8)14-2/h3-5,7,11H,6H2,1-2H3. The number of ether oxygens (including phenoxy) is 3. The Morgan fingerprint density at radius 2 is 2.31 bits per heavy atom. The molecule has 1 saturated heterocycles. The molecule has 0 aliphatic carbocycles. The highest BCUT2D eigenvalue weighted by Gasteiger charge is 2.24. The van der Waals surface area contributed by atoms with Gasteiger partial charge in [0.2, 0.25) is 0 Å². The van der Waals surface area contributed by atoms with Gasteiger partial charge in [0.15, 0.2) is 6.29 Å². The molecule has 0 aromatic heterocycles. The number of nitrogens with zero attached hydrogens (tertiary/aromatic N) is 1. The summed E-state index contributed by atoms with van der Waals surface area (Å²) in [6.45, 7) is 2.51. The van der Waals surface area contributed by atoms with Gasteiger partial charge in [-0.1, -0.05) is 6.07 Å². The van der Waals surface area contributed by atoms with E-state index in [1.165, 1.54) is 7.11 Å². The van der Waals surface area contributed by atoms with Crippen molar-refractivity contribution >= 4 is 5.69 Å². The largest absolute Gasteiger partial charge is 0.494 e. The smallest absolute Gasteiger partial charge is 0.184 e. The van der Waals surface area contributed by atoms with Gasteiger partial charge < -0.3 is 14.2 Å². The van der Waals surface area contributed by atoms with Crippen molar-refractivity contribution < 1.29 is 14.2 Å². The van der Waals surface area contributed by atoms with Crippen LogP contribution in [0, 0.1) is 4.91 Å². The maximum absolute atomic E-state index is 10.5.